The van der Waals surface area contributed by atoms with Gasteiger partial charge in [0.1, 0.15) is 11.3 Å². The molecule has 2 amide bonds. The van der Waals surface area contributed by atoms with Gasteiger partial charge in [-0.2, -0.15) is 0 Å². The molecule has 2 atom stereocenters. The van der Waals surface area contributed by atoms with Gasteiger partial charge in [-0.3, -0.25) is 14.6 Å². The molecule has 2 aliphatic rings. The first kappa shape index (κ1) is 20.0. The number of fused-ring (bicyclic) bond motifs is 2. The number of nitrogens with zero attached hydrogens (tertiary/aromatic N) is 4. The minimum Gasteiger partial charge on any atom is -0.449 e. The van der Waals surface area contributed by atoms with Crippen molar-refractivity contribution in [1.29, 1.82) is 0 Å². The molecule has 4 aromatic heterocycles. The average molecular weight is 444 g/mol. The van der Waals surface area contributed by atoms with Crippen molar-refractivity contribution in [2.45, 2.75) is 19.8 Å². The maximum atomic E-state index is 13.0. The number of carbonyl (C=O) groups is 2. The maximum Gasteiger partial charge on any atom is 0.287 e. The SMILES string of the molecule is CC1C(CNC(=O)c2cc3ccncc3o2)C12CCN(C(=O)c1cn3ccccc3n1)CC2. The van der Waals surface area contributed by atoms with E-state index in [0.29, 0.717) is 35.4 Å². The van der Waals surface area contributed by atoms with E-state index in [9.17, 15) is 9.59 Å². The highest BCUT2D eigenvalue weighted by molar-refractivity contribution is 5.96. The van der Waals surface area contributed by atoms with Crippen molar-refractivity contribution in [3.05, 3.63) is 66.6 Å². The van der Waals surface area contributed by atoms with E-state index in [1.165, 1.54) is 0 Å². The normalized spacial score (nSPS) is 21.5. The number of pyridine rings is 2. The molecule has 1 spiro atoms. The van der Waals surface area contributed by atoms with Crippen LogP contribution in [0.25, 0.3) is 16.6 Å². The lowest BCUT2D eigenvalue weighted by molar-refractivity contribution is 0.0656. The number of carbonyl (C=O) groups excluding carboxylic acids is 2. The lowest BCUT2D eigenvalue weighted by atomic mass is 9.89. The lowest BCUT2D eigenvalue weighted by Crippen LogP contribution is -2.40. The molecule has 2 unspecified atom stereocenters. The summed E-state index contributed by atoms with van der Waals surface area (Å²) in [7, 11) is 0. The zero-order valence-corrected chi connectivity index (χ0v) is 18.4. The zero-order valence-electron chi connectivity index (χ0n) is 18.4. The Hall–Kier alpha value is -3.68. The molecule has 4 aromatic rings. The molecule has 0 radical (unpaired) electrons. The number of likely N-dealkylation sites (tertiary alicyclic amines) is 1. The molecule has 6 rings (SSSR count). The third-order valence-corrected chi connectivity index (χ3v) is 7.73. The molecule has 33 heavy (non-hydrogen) atoms. The van der Waals surface area contributed by atoms with Gasteiger partial charge in [0.05, 0.1) is 6.20 Å². The summed E-state index contributed by atoms with van der Waals surface area (Å²) in [6.45, 7) is 4.31. The molecule has 8 heteroatoms. The van der Waals surface area contributed by atoms with Crippen LogP contribution in [0, 0.1) is 17.3 Å². The number of nitrogens with one attached hydrogen (secondary N) is 1. The fourth-order valence-electron chi connectivity index (χ4n) is 5.62. The van der Waals surface area contributed by atoms with E-state index in [0.717, 1.165) is 37.0 Å². The number of imidazole rings is 1. The third kappa shape index (κ3) is 3.28. The number of hydrogen-bond donors (Lipinski definition) is 1. The number of hydrogen-bond acceptors (Lipinski definition) is 5. The summed E-state index contributed by atoms with van der Waals surface area (Å²) in [6, 6.07) is 9.32. The fraction of sp³-hybridized carbons (Fsp3) is 0.360. The average Bonchev–Trinajstić information content (AvgIpc) is 3.24. The first-order valence-corrected chi connectivity index (χ1v) is 11.4. The number of rotatable bonds is 4. The van der Waals surface area contributed by atoms with E-state index >= 15 is 0 Å². The standard InChI is InChI=1S/C25H25N5O3/c1-16-18(13-27-23(31)20-12-17-5-8-26-14-21(17)33-20)25(16)6-10-29(11-7-25)24(32)19-15-30-9-3-2-4-22(30)28-19/h2-5,8-9,12,14-16,18H,6-7,10-11,13H2,1H3,(H,27,31). The number of amides is 2. The fourth-order valence-corrected chi connectivity index (χ4v) is 5.62. The molecule has 1 aliphatic heterocycles. The number of furan rings is 1. The van der Waals surface area contributed by atoms with Crippen LogP contribution >= 0.6 is 0 Å². The van der Waals surface area contributed by atoms with Gasteiger partial charge in [0.25, 0.3) is 11.8 Å². The van der Waals surface area contributed by atoms with Gasteiger partial charge in [0.15, 0.2) is 11.3 Å². The van der Waals surface area contributed by atoms with Crippen LogP contribution in [0.5, 0.6) is 0 Å². The van der Waals surface area contributed by atoms with E-state index in [4.69, 9.17) is 4.42 Å². The molecule has 2 fully saturated rings. The highest BCUT2D eigenvalue weighted by Crippen LogP contribution is 2.64. The van der Waals surface area contributed by atoms with Crippen LogP contribution < -0.4 is 5.32 Å². The molecule has 5 heterocycles. The molecule has 1 saturated carbocycles. The van der Waals surface area contributed by atoms with Crippen LogP contribution in [-0.4, -0.2) is 50.7 Å². The van der Waals surface area contributed by atoms with Crippen molar-refractivity contribution in [3.8, 4) is 0 Å². The molecular formula is C25H25N5O3. The summed E-state index contributed by atoms with van der Waals surface area (Å²) in [5.41, 5.74) is 2.08. The predicted molar refractivity (Wildman–Crippen MR) is 122 cm³/mol. The summed E-state index contributed by atoms with van der Waals surface area (Å²) >= 11 is 0. The van der Waals surface area contributed by atoms with Gasteiger partial charge in [0.2, 0.25) is 0 Å². The Morgan fingerprint density at radius 2 is 2.09 bits per heavy atom. The molecular weight excluding hydrogens is 418 g/mol. The van der Waals surface area contributed by atoms with Crippen molar-refractivity contribution in [1.82, 2.24) is 24.6 Å². The summed E-state index contributed by atoms with van der Waals surface area (Å²) in [5.74, 6) is 1.05. The Morgan fingerprint density at radius 3 is 2.88 bits per heavy atom. The highest BCUT2D eigenvalue weighted by Gasteiger charge is 2.61. The van der Waals surface area contributed by atoms with Gasteiger partial charge in [-0.05, 0) is 54.4 Å². The van der Waals surface area contributed by atoms with Crippen LogP contribution in [0.4, 0.5) is 0 Å². The van der Waals surface area contributed by atoms with E-state index < -0.39 is 0 Å². The van der Waals surface area contributed by atoms with Crippen LogP contribution in [-0.2, 0) is 0 Å². The van der Waals surface area contributed by atoms with E-state index in [1.807, 2.05) is 39.8 Å². The Balaban J connectivity index is 1.06. The third-order valence-electron chi connectivity index (χ3n) is 7.73. The summed E-state index contributed by atoms with van der Waals surface area (Å²) in [6.07, 6.45) is 8.90. The van der Waals surface area contributed by atoms with Gasteiger partial charge in [0, 0.05) is 43.6 Å². The van der Waals surface area contributed by atoms with Gasteiger partial charge in [-0.15, -0.1) is 0 Å². The second-order valence-corrected chi connectivity index (χ2v) is 9.25. The summed E-state index contributed by atoms with van der Waals surface area (Å²) in [4.78, 5) is 36.0. The summed E-state index contributed by atoms with van der Waals surface area (Å²) < 4.78 is 7.50. The van der Waals surface area contributed by atoms with Crippen LogP contribution in [0.1, 0.15) is 40.8 Å². The molecule has 0 bridgehead atoms. The van der Waals surface area contributed by atoms with E-state index in [1.54, 1.807) is 24.7 Å². The minimum absolute atomic E-state index is 0.00826. The van der Waals surface area contributed by atoms with Crippen molar-refractivity contribution in [3.63, 3.8) is 0 Å². The molecule has 0 aromatic carbocycles. The van der Waals surface area contributed by atoms with Crippen LogP contribution in [0.15, 0.2) is 59.5 Å². The predicted octanol–water partition coefficient (Wildman–Crippen LogP) is 3.39. The van der Waals surface area contributed by atoms with Crippen LogP contribution in [0.3, 0.4) is 0 Å². The van der Waals surface area contributed by atoms with Gasteiger partial charge >= 0.3 is 0 Å². The Morgan fingerprint density at radius 1 is 1.24 bits per heavy atom. The Kier molecular flexibility index (Phi) is 4.50. The largest absolute Gasteiger partial charge is 0.449 e. The topological polar surface area (TPSA) is 92.7 Å². The van der Waals surface area contributed by atoms with Gasteiger partial charge in [-0.1, -0.05) is 13.0 Å². The van der Waals surface area contributed by atoms with Crippen molar-refractivity contribution >= 4 is 28.4 Å². The zero-order chi connectivity index (χ0) is 22.6. The Bertz CT molecular complexity index is 1300. The number of piperidine rings is 1. The molecule has 1 N–H and O–H groups in total. The lowest BCUT2D eigenvalue weighted by Gasteiger charge is -2.33. The molecule has 168 valence electrons. The summed E-state index contributed by atoms with van der Waals surface area (Å²) in [5, 5.41) is 3.92. The van der Waals surface area contributed by atoms with E-state index in [-0.39, 0.29) is 17.2 Å². The first-order chi connectivity index (χ1) is 16.0. The minimum atomic E-state index is -0.195. The monoisotopic (exact) mass is 443 g/mol. The van der Waals surface area contributed by atoms with Crippen LogP contribution in [0.2, 0.25) is 0 Å². The van der Waals surface area contributed by atoms with Crippen molar-refractivity contribution < 1.29 is 14.0 Å². The molecule has 1 saturated heterocycles. The first-order valence-electron chi connectivity index (χ1n) is 11.4. The van der Waals surface area contributed by atoms with Gasteiger partial charge in [-0.25, -0.2) is 4.98 Å². The highest BCUT2D eigenvalue weighted by atomic mass is 16.3. The van der Waals surface area contributed by atoms with Crippen molar-refractivity contribution in [2.75, 3.05) is 19.6 Å². The Labute approximate surface area is 190 Å². The van der Waals surface area contributed by atoms with Gasteiger partial charge < -0.3 is 19.0 Å². The van der Waals surface area contributed by atoms with E-state index in [2.05, 4.69) is 22.2 Å². The maximum absolute atomic E-state index is 13.0. The second kappa shape index (κ2) is 7.43. The quantitative estimate of drug-likeness (QED) is 0.522. The smallest absolute Gasteiger partial charge is 0.287 e. The van der Waals surface area contributed by atoms with Crippen molar-refractivity contribution in [2.24, 2.45) is 17.3 Å². The second-order valence-electron chi connectivity index (χ2n) is 9.25. The molecule has 1 aliphatic carbocycles. The number of aromatic nitrogens is 3. The molecule has 8 nitrogen and oxygen atoms in total.